The van der Waals surface area contributed by atoms with Gasteiger partial charge in [-0.1, -0.05) is 23.7 Å². The summed E-state index contributed by atoms with van der Waals surface area (Å²) in [6, 6.07) is 12.6. The zero-order valence-corrected chi connectivity index (χ0v) is 15.3. The van der Waals surface area contributed by atoms with E-state index in [0.717, 1.165) is 16.8 Å². The Labute approximate surface area is 161 Å². The number of hydrogen-bond donors (Lipinski definition) is 2. The van der Waals surface area contributed by atoms with Crippen LogP contribution in [0.25, 0.3) is 0 Å². The summed E-state index contributed by atoms with van der Waals surface area (Å²) < 4.78 is 0. The second kappa shape index (κ2) is 7.04. The molecule has 4 rings (SSSR count). The van der Waals surface area contributed by atoms with Gasteiger partial charge in [0.05, 0.1) is 0 Å². The van der Waals surface area contributed by atoms with Crippen molar-refractivity contribution in [2.75, 3.05) is 5.32 Å². The van der Waals surface area contributed by atoms with E-state index in [1.807, 2.05) is 36.4 Å². The minimum absolute atomic E-state index is 0.166. The first-order valence-corrected chi connectivity index (χ1v) is 9.15. The van der Waals surface area contributed by atoms with Gasteiger partial charge < -0.3 is 10.2 Å². The van der Waals surface area contributed by atoms with Crippen molar-refractivity contribution in [1.29, 1.82) is 0 Å². The molecule has 0 spiro atoms. The molecule has 2 aliphatic heterocycles. The van der Waals surface area contributed by atoms with Gasteiger partial charge in [0.25, 0.3) is 5.91 Å². The van der Waals surface area contributed by atoms with Gasteiger partial charge in [-0.2, -0.15) is 0 Å². The first-order chi connectivity index (χ1) is 13.0. The standard InChI is InChI=1S/C20H18ClN3O3/c21-14-3-1-2-12(8-14)10-22-15-4-5-16-13(9-15)11-24(20(16)27)17-6-7-18(25)23-19(17)26/h1-5,8-9,17,22H,6-7,10-11H2,(H,23,25,26). The number of hydrogen-bond acceptors (Lipinski definition) is 4. The lowest BCUT2D eigenvalue weighted by molar-refractivity contribution is -0.136. The van der Waals surface area contributed by atoms with E-state index in [9.17, 15) is 14.4 Å². The van der Waals surface area contributed by atoms with E-state index in [-0.39, 0.29) is 18.2 Å². The Morgan fingerprint density at radius 2 is 2.00 bits per heavy atom. The Hall–Kier alpha value is -2.86. The number of fused-ring (bicyclic) bond motifs is 1. The lowest BCUT2D eigenvalue weighted by Crippen LogP contribution is -2.52. The molecule has 2 N–H and O–H groups in total. The SMILES string of the molecule is O=C1CCC(N2Cc3cc(NCc4cccc(Cl)c4)ccc3C2=O)C(=O)N1. The van der Waals surface area contributed by atoms with Gasteiger partial charge in [-0.3, -0.25) is 19.7 Å². The average Bonchev–Trinajstić information content (AvgIpc) is 2.96. The molecular weight excluding hydrogens is 366 g/mol. The second-order valence-corrected chi connectivity index (χ2v) is 7.19. The van der Waals surface area contributed by atoms with E-state index in [1.54, 1.807) is 11.0 Å². The predicted octanol–water partition coefficient (Wildman–Crippen LogP) is 2.71. The van der Waals surface area contributed by atoms with Crippen LogP contribution in [0.15, 0.2) is 42.5 Å². The van der Waals surface area contributed by atoms with E-state index < -0.39 is 11.9 Å². The summed E-state index contributed by atoms with van der Waals surface area (Å²) in [4.78, 5) is 37.7. The maximum absolute atomic E-state index is 12.7. The molecule has 6 nitrogen and oxygen atoms in total. The third-order valence-corrected chi connectivity index (χ3v) is 5.14. The number of imide groups is 1. The molecule has 0 saturated carbocycles. The molecule has 0 aromatic heterocycles. The summed E-state index contributed by atoms with van der Waals surface area (Å²) in [5.41, 5.74) is 3.43. The van der Waals surface area contributed by atoms with Crippen molar-refractivity contribution in [2.45, 2.75) is 32.0 Å². The Bertz CT molecular complexity index is 944. The lowest BCUT2D eigenvalue weighted by atomic mass is 10.0. The largest absolute Gasteiger partial charge is 0.381 e. The third kappa shape index (κ3) is 3.53. The smallest absolute Gasteiger partial charge is 0.255 e. The number of carbonyl (C=O) groups excluding carboxylic acids is 3. The maximum atomic E-state index is 12.7. The summed E-state index contributed by atoms with van der Waals surface area (Å²) in [7, 11) is 0. The quantitative estimate of drug-likeness (QED) is 0.796. The van der Waals surface area contributed by atoms with Gasteiger partial charge in [0, 0.05) is 35.8 Å². The van der Waals surface area contributed by atoms with Crippen LogP contribution in [0.4, 0.5) is 5.69 Å². The number of piperidine rings is 1. The van der Waals surface area contributed by atoms with Gasteiger partial charge >= 0.3 is 0 Å². The van der Waals surface area contributed by atoms with E-state index in [2.05, 4.69) is 10.6 Å². The van der Waals surface area contributed by atoms with E-state index in [4.69, 9.17) is 11.6 Å². The molecule has 138 valence electrons. The Balaban J connectivity index is 1.47. The van der Waals surface area contributed by atoms with Crippen molar-refractivity contribution in [3.63, 3.8) is 0 Å². The first-order valence-electron chi connectivity index (χ1n) is 8.77. The van der Waals surface area contributed by atoms with Crippen molar-refractivity contribution >= 4 is 35.0 Å². The highest BCUT2D eigenvalue weighted by Crippen LogP contribution is 2.29. The molecule has 2 aromatic carbocycles. The number of carbonyl (C=O) groups is 3. The molecule has 1 fully saturated rings. The molecule has 3 amide bonds. The van der Waals surface area contributed by atoms with Crippen molar-refractivity contribution < 1.29 is 14.4 Å². The minimum atomic E-state index is -0.592. The van der Waals surface area contributed by atoms with Crippen LogP contribution in [0, 0.1) is 0 Å². The zero-order chi connectivity index (χ0) is 19.0. The van der Waals surface area contributed by atoms with Gasteiger partial charge in [-0.15, -0.1) is 0 Å². The van der Waals surface area contributed by atoms with Crippen LogP contribution in [0.3, 0.4) is 0 Å². The third-order valence-electron chi connectivity index (χ3n) is 4.91. The number of rotatable bonds is 4. The van der Waals surface area contributed by atoms with Gasteiger partial charge in [0.15, 0.2) is 0 Å². The monoisotopic (exact) mass is 383 g/mol. The minimum Gasteiger partial charge on any atom is -0.381 e. The average molecular weight is 384 g/mol. The van der Waals surface area contributed by atoms with Crippen LogP contribution < -0.4 is 10.6 Å². The zero-order valence-electron chi connectivity index (χ0n) is 14.5. The van der Waals surface area contributed by atoms with E-state index in [0.29, 0.717) is 30.1 Å². The molecule has 2 aliphatic rings. The molecule has 1 atom stereocenters. The second-order valence-electron chi connectivity index (χ2n) is 6.76. The number of halogens is 1. The topological polar surface area (TPSA) is 78.5 Å². The van der Waals surface area contributed by atoms with Crippen LogP contribution in [0.5, 0.6) is 0 Å². The van der Waals surface area contributed by atoms with Gasteiger partial charge in [0.2, 0.25) is 11.8 Å². The maximum Gasteiger partial charge on any atom is 0.255 e. The molecule has 1 saturated heterocycles. The highest BCUT2D eigenvalue weighted by Gasteiger charge is 2.39. The summed E-state index contributed by atoms with van der Waals surface area (Å²) in [5, 5.41) is 6.33. The van der Waals surface area contributed by atoms with Crippen molar-refractivity contribution in [3.8, 4) is 0 Å². The Morgan fingerprint density at radius 3 is 2.78 bits per heavy atom. The fraction of sp³-hybridized carbons (Fsp3) is 0.250. The normalized spacial score (nSPS) is 19.1. The van der Waals surface area contributed by atoms with Gasteiger partial charge in [-0.25, -0.2) is 0 Å². The number of nitrogens with one attached hydrogen (secondary N) is 2. The summed E-state index contributed by atoms with van der Waals surface area (Å²) in [5.74, 6) is -0.847. The Morgan fingerprint density at radius 1 is 1.15 bits per heavy atom. The van der Waals surface area contributed by atoms with Crippen LogP contribution in [-0.4, -0.2) is 28.7 Å². The molecule has 7 heteroatoms. The first kappa shape index (κ1) is 17.5. The fourth-order valence-electron chi connectivity index (χ4n) is 3.54. The van der Waals surface area contributed by atoms with Gasteiger partial charge in [-0.05, 0) is 47.9 Å². The molecule has 2 aromatic rings. The summed E-state index contributed by atoms with van der Waals surface area (Å²) in [6.07, 6.45) is 0.618. The molecule has 1 unspecified atom stereocenters. The number of amides is 3. The summed E-state index contributed by atoms with van der Waals surface area (Å²) in [6.45, 7) is 0.983. The molecule has 0 aliphatic carbocycles. The predicted molar refractivity (Wildman–Crippen MR) is 101 cm³/mol. The van der Waals surface area contributed by atoms with Crippen LogP contribution in [-0.2, 0) is 22.7 Å². The van der Waals surface area contributed by atoms with Crippen molar-refractivity contribution in [3.05, 3.63) is 64.2 Å². The van der Waals surface area contributed by atoms with Crippen molar-refractivity contribution in [1.82, 2.24) is 10.2 Å². The van der Waals surface area contributed by atoms with Crippen molar-refractivity contribution in [2.24, 2.45) is 0 Å². The van der Waals surface area contributed by atoms with Crippen LogP contribution in [0.1, 0.15) is 34.3 Å². The number of benzene rings is 2. The van der Waals surface area contributed by atoms with E-state index in [1.165, 1.54) is 0 Å². The molecule has 0 bridgehead atoms. The van der Waals surface area contributed by atoms with Gasteiger partial charge in [0.1, 0.15) is 6.04 Å². The lowest BCUT2D eigenvalue weighted by Gasteiger charge is -2.29. The Kier molecular flexibility index (Phi) is 4.58. The molecule has 2 heterocycles. The summed E-state index contributed by atoms with van der Waals surface area (Å²) >= 11 is 6.01. The number of nitrogens with zero attached hydrogens (tertiary/aromatic N) is 1. The van der Waals surface area contributed by atoms with E-state index >= 15 is 0 Å². The van der Waals surface area contributed by atoms with Crippen LogP contribution in [0.2, 0.25) is 5.02 Å². The van der Waals surface area contributed by atoms with Crippen LogP contribution >= 0.6 is 11.6 Å². The highest BCUT2D eigenvalue weighted by molar-refractivity contribution is 6.30. The molecule has 27 heavy (non-hydrogen) atoms. The number of anilines is 1. The highest BCUT2D eigenvalue weighted by atomic mass is 35.5. The molecule has 0 radical (unpaired) electrons. The molecular formula is C20H18ClN3O3. The fourth-order valence-corrected chi connectivity index (χ4v) is 3.75.